The number of carbonyl (C=O) groups is 1. The monoisotopic (exact) mass is 250 g/mol. The van der Waals surface area contributed by atoms with Crippen molar-refractivity contribution in [3.63, 3.8) is 0 Å². The van der Waals surface area contributed by atoms with E-state index in [4.69, 9.17) is 0 Å². The van der Waals surface area contributed by atoms with Crippen molar-refractivity contribution >= 4 is 5.91 Å². The zero-order valence-electron chi connectivity index (χ0n) is 11.6. The first-order valence-corrected chi connectivity index (χ1v) is 7.78. The molecule has 3 heteroatoms. The molecule has 0 bridgehead atoms. The van der Waals surface area contributed by atoms with Crippen LogP contribution in [0.3, 0.4) is 0 Å². The van der Waals surface area contributed by atoms with Gasteiger partial charge in [0.1, 0.15) is 0 Å². The third-order valence-electron chi connectivity index (χ3n) is 5.48. The Morgan fingerprint density at radius 1 is 1.28 bits per heavy atom. The smallest absolute Gasteiger partial charge is 0.228 e. The molecule has 3 fully saturated rings. The summed E-state index contributed by atoms with van der Waals surface area (Å²) in [6.07, 6.45) is 8.40. The topological polar surface area (TPSA) is 32.3 Å². The van der Waals surface area contributed by atoms with Crippen molar-refractivity contribution in [2.45, 2.75) is 57.9 Å². The van der Waals surface area contributed by atoms with Crippen LogP contribution in [0.4, 0.5) is 0 Å². The second-order valence-corrected chi connectivity index (χ2v) is 6.47. The lowest BCUT2D eigenvalue weighted by atomic mass is 9.87. The van der Waals surface area contributed by atoms with Crippen LogP contribution >= 0.6 is 0 Å². The standard InChI is InChI=1S/C15H26N2O/c1-2-15(7-8-15)14(18)17-10-5-12(6-11-17)13-4-3-9-16-13/h12-13,16H,2-11H2,1H3. The molecular formula is C15H26N2O. The number of rotatable bonds is 3. The Kier molecular flexibility index (Phi) is 3.35. The van der Waals surface area contributed by atoms with E-state index in [1.165, 1.54) is 32.2 Å². The van der Waals surface area contributed by atoms with E-state index >= 15 is 0 Å². The minimum atomic E-state index is 0.0679. The van der Waals surface area contributed by atoms with Crippen LogP contribution < -0.4 is 5.32 Å². The molecule has 2 aliphatic heterocycles. The quantitative estimate of drug-likeness (QED) is 0.832. The van der Waals surface area contributed by atoms with E-state index in [1.54, 1.807) is 0 Å². The van der Waals surface area contributed by atoms with E-state index in [0.29, 0.717) is 5.91 Å². The van der Waals surface area contributed by atoms with E-state index in [9.17, 15) is 4.79 Å². The number of amides is 1. The van der Waals surface area contributed by atoms with Crippen LogP contribution in [0.15, 0.2) is 0 Å². The average molecular weight is 250 g/mol. The third kappa shape index (κ3) is 2.18. The number of hydrogen-bond acceptors (Lipinski definition) is 2. The van der Waals surface area contributed by atoms with Gasteiger partial charge >= 0.3 is 0 Å². The number of likely N-dealkylation sites (tertiary alicyclic amines) is 1. The molecule has 0 spiro atoms. The van der Waals surface area contributed by atoms with Gasteiger partial charge in [-0.2, -0.15) is 0 Å². The van der Waals surface area contributed by atoms with Gasteiger partial charge in [-0.05, 0) is 57.4 Å². The maximum atomic E-state index is 12.5. The molecule has 1 unspecified atom stereocenters. The van der Waals surface area contributed by atoms with Crippen LogP contribution in [-0.4, -0.2) is 36.5 Å². The first-order chi connectivity index (χ1) is 8.75. The molecule has 1 saturated carbocycles. The van der Waals surface area contributed by atoms with E-state index in [-0.39, 0.29) is 5.41 Å². The minimum absolute atomic E-state index is 0.0679. The zero-order valence-corrected chi connectivity index (χ0v) is 11.6. The van der Waals surface area contributed by atoms with Crippen LogP contribution in [0.2, 0.25) is 0 Å². The summed E-state index contributed by atoms with van der Waals surface area (Å²) in [6.45, 7) is 5.37. The van der Waals surface area contributed by atoms with E-state index in [0.717, 1.165) is 44.3 Å². The maximum absolute atomic E-state index is 12.5. The molecular weight excluding hydrogens is 224 g/mol. The van der Waals surface area contributed by atoms with Crippen LogP contribution in [0, 0.1) is 11.3 Å². The van der Waals surface area contributed by atoms with Gasteiger partial charge in [-0.1, -0.05) is 6.92 Å². The Balaban J connectivity index is 1.52. The average Bonchev–Trinajstić information content (AvgIpc) is 3.04. The highest BCUT2D eigenvalue weighted by molar-refractivity contribution is 5.85. The summed E-state index contributed by atoms with van der Waals surface area (Å²) in [5.74, 6) is 1.27. The molecule has 102 valence electrons. The fourth-order valence-electron chi connectivity index (χ4n) is 3.82. The van der Waals surface area contributed by atoms with Gasteiger partial charge < -0.3 is 10.2 Å². The predicted molar refractivity (Wildman–Crippen MR) is 72.3 cm³/mol. The number of hydrogen-bond donors (Lipinski definition) is 1. The van der Waals surface area contributed by atoms with Crippen molar-refractivity contribution in [3.05, 3.63) is 0 Å². The summed E-state index contributed by atoms with van der Waals surface area (Å²) < 4.78 is 0. The van der Waals surface area contributed by atoms with E-state index in [2.05, 4.69) is 17.1 Å². The van der Waals surface area contributed by atoms with Crippen LogP contribution in [-0.2, 0) is 4.79 Å². The van der Waals surface area contributed by atoms with Gasteiger partial charge in [0, 0.05) is 24.5 Å². The summed E-state index contributed by atoms with van der Waals surface area (Å²) >= 11 is 0. The van der Waals surface area contributed by atoms with E-state index in [1.807, 2.05) is 0 Å². The molecule has 0 aromatic heterocycles. The summed E-state index contributed by atoms with van der Waals surface area (Å²) in [6, 6.07) is 0.739. The molecule has 0 aromatic rings. The Morgan fingerprint density at radius 2 is 2.00 bits per heavy atom. The van der Waals surface area contributed by atoms with Crippen molar-refractivity contribution in [2.75, 3.05) is 19.6 Å². The van der Waals surface area contributed by atoms with Gasteiger partial charge in [0.05, 0.1) is 0 Å². The fraction of sp³-hybridized carbons (Fsp3) is 0.933. The fourth-order valence-corrected chi connectivity index (χ4v) is 3.82. The normalized spacial score (nSPS) is 31.6. The first-order valence-electron chi connectivity index (χ1n) is 7.78. The highest BCUT2D eigenvalue weighted by Crippen LogP contribution is 2.50. The highest BCUT2D eigenvalue weighted by Gasteiger charge is 2.50. The molecule has 18 heavy (non-hydrogen) atoms. The number of nitrogens with zero attached hydrogens (tertiary/aromatic N) is 1. The molecule has 0 aromatic carbocycles. The van der Waals surface area contributed by atoms with Crippen LogP contribution in [0.5, 0.6) is 0 Å². The van der Waals surface area contributed by atoms with Gasteiger partial charge in [0.2, 0.25) is 5.91 Å². The third-order valence-corrected chi connectivity index (χ3v) is 5.48. The molecule has 0 radical (unpaired) electrons. The summed E-state index contributed by atoms with van der Waals surface area (Å²) in [5.41, 5.74) is 0.0679. The Labute approximate surface area is 110 Å². The second-order valence-electron chi connectivity index (χ2n) is 6.47. The molecule has 2 saturated heterocycles. The predicted octanol–water partition coefficient (Wildman–Crippen LogP) is 2.17. The van der Waals surface area contributed by atoms with Crippen molar-refractivity contribution in [3.8, 4) is 0 Å². The maximum Gasteiger partial charge on any atom is 0.228 e. The van der Waals surface area contributed by atoms with Crippen LogP contribution in [0.1, 0.15) is 51.9 Å². The Morgan fingerprint density at radius 3 is 2.50 bits per heavy atom. The van der Waals surface area contributed by atoms with Gasteiger partial charge in [-0.25, -0.2) is 0 Å². The summed E-state index contributed by atoms with van der Waals surface area (Å²) in [4.78, 5) is 14.6. The molecule has 3 aliphatic rings. The molecule has 1 N–H and O–H groups in total. The molecule has 1 atom stereocenters. The van der Waals surface area contributed by atoms with Gasteiger partial charge in [0.25, 0.3) is 0 Å². The lowest BCUT2D eigenvalue weighted by molar-refractivity contribution is -0.138. The molecule has 1 aliphatic carbocycles. The lowest BCUT2D eigenvalue weighted by Gasteiger charge is -2.36. The van der Waals surface area contributed by atoms with Crippen molar-refractivity contribution in [1.29, 1.82) is 0 Å². The van der Waals surface area contributed by atoms with Crippen molar-refractivity contribution in [2.24, 2.45) is 11.3 Å². The van der Waals surface area contributed by atoms with E-state index < -0.39 is 0 Å². The minimum Gasteiger partial charge on any atom is -0.342 e. The molecule has 3 nitrogen and oxygen atoms in total. The Hall–Kier alpha value is -0.570. The number of carbonyl (C=O) groups excluding carboxylic acids is 1. The molecule has 1 amide bonds. The van der Waals surface area contributed by atoms with Crippen molar-refractivity contribution in [1.82, 2.24) is 10.2 Å². The van der Waals surface area contributed by atoms with Crippen molar-refractivity contribution < 1.29 is 4.79 Å². The van der Waals surface area contributed by atoms with Crippen LogP contribution in [0.25, 0.3) is 0 Å². The highest BCUT2D eigenvalue weighted by atomic mass is 16.2. The Bertz CT molecular complexity index is 310. The second kappa shape index (κ2) is 4.84. The largest absolute Gasteiger partial charge is 0.342 e. The SMILES string of the molecule is CCC1(C(=O)N2CCC(C3CCCN3)CC2)CC1. The van der Waals surface area contributed by atoms with Gasteiger partial charge in [-0.3, -0.25) is 4.79 Å². The number of piperidine rings is 1. The van der Waals surface area contributed by atoms with Gasteiger partial charge in [-0.15, -0.1) is 0 Å². The number of nitrogens with one attached hydrogen (secondary N) is 1. The molecule has 2 heterocycles. The molecule has 3 rings (SSSR count). The lowest BCUT2D eigenvalue weighted by Crippen LogP contribution is -2.45. The first kappa shape index (κ1) is 12.5. The van der Waals surface area contributed by atoms with Gasteiger partial charge in [0.15, 0.2) is 0 Å². The summed E-state index contributed by atoms with van der Waals surface area (Å²) in [5, 5.41) is 3.62. The summed E-state index contributed by atoms with van der Waals surface area (Å²) in [7, 11) is 0. The zero-order chi connectivity index (χ0) is 12.6.